The van der Waals surface area contributed by atoms with Gasteiger partial charge < -0.3 is 19.8 Å². The van der Waals surface area contributed by atoms with Crippen LogP contribution in [0.2, 0.25) is 10.0 Å². The Morgan fingerprint density at radius 3 is 2.05 bits per heavy atom. The second-order valence-corrected chi connectivity index (χ2v) is 10.9. The van der Waals surface area contributed by atoms with Crippen molar-refractivity contribution in [2.45, 2.75) is 57.5 Å². The molecule has 208 valence electrons. The van der Waals surface area contributed by atoms with Crippen molar-refractivity contribution in [1.82, 2.24) is 4.90 Å². The van der Waals surface area contributed by atoms with Crippen LogP contribution in [0.5, 0.6) is 5.75 Å². The standard InChI is InChI=1S/C30H27Cl2NO7/c31-18-13-19(29(20(32)14-18)40-15-16-7-9-17(10-8-16)30(38)39)26-27-21(3-1-5-23(27)34)33(12-11-25(36)37)22-4-2-6-24(35)28(22)26/h7-10,13-14,26H,1-6,11-12,15H2,(H,36,37)(H,38,39). The number of rotatable bonds is 8. The average Bonchev–Trinajstić information content (AvgIpc) is 2.91. The number of carbonyl (C=O) groups is 4. The summed E-state index contributed by atoms with van der Waals surface area (Å²) >= 11 is 13.1. The van der Waals surface area contributed by atoms with Crippen molar-refractivity contribution in [2.24, 2.45) is 0 Å². The third-order valence-electron chi connectivity index (χ3n) is 7.57. The molecule has 0 bridgehead atoms. The Labute approximate surface area is 240 Å². The van der Waals surface area contributed by atoms with Crippen molar-refractivity contribution in [3.8, 4) is 5.75 Å². The summed E-state index contributed by atoms with van der Waals surface area (Å²) in [5.74, 6) is -2.64. The van der Waals surface area contributed by atoms with Crippen molar-refractivity contribution in [3.63, 3.8) is 0 Å². The fourth-order valence-corrected chi connectivity index (χ4v) is 6.41. The lowest BCUT2D eigenvalue weighted by Gasteiger charge is -2.44. The minimum absolute atomic E-state index is 0.0609. The quantitative estimate of drug-likeness (QED) is 0.379. The minimum Gasteiger partial charge on any atom is -0.487 e. The van der Waals surface area contributed by atoms with Gasteiger partial charge in [0.15, 0.2) is 11.6 Å². The number of carbonyl (C=O) groups excluding carboxylic acids is 2. The molecule has 40 heavy (non-hydrogen) atoms. The molecule has 10 heteroatoms. The van der Waals surface area contributed by atoms with Gasteiger partial charge in [0.25, 0.3) is 0 Å². The van der Waals surface area contributed by atoms with E-state index in [4.69, 9.17) is 27.9 Å². The molecule has 1 heterocycles. The molecule has 2 N–H and O–H groups in total. The molecule has 0 spiro atoms. The summed E-state index contributed by atoms with van der Waals surface area (Å²) in [6, 6.07) is 9.46. The zero-order valence-electron chi connectivity index (χ0n) is 21.5. The van der Waals surface area contributed by atoms with Crippen molar-refractivity contribution >= 4 is 46.7 Å². The number of carboxylic acid groups (broad SMARTS) is 2. The van der Waals surface area contributed by atoms with E-state index in [1.165, 1.54) is 18.2 Å². The molecule has 5 rings (SSSR count). The van der Waals surface area contributed by atoms with Crippen LogP contribution in [0.1, 0.15) is 72.3 Å². The van der Waals surface area contributed by atoms with Crippen molar-refractivity contribution in [1.29, 1.82) is 0 Å². The zero-order chi connectivity index (χ0) is 28.6. The predicted octanol–water partition coefficient (Wildman–Crippen LogP) is 6.16. The monoisotopic (exact) mass is 583 g/mol. The van der Waals surface area contributed by atoms with Crippen LogP contribution in [0, 0.1) is 0 Å². The number of aromatic carboxylic acids is 1. The fraction of sp³-hybridized carbons (Fsp3) is 0.333. The van der Waals surface area contributed by atoms with Gasteiger partial charge in [-0.25, -0.2) is 4.79 Å². The summed E-state index contributed by atoms with van der Waals surface area (Å²) in [7, 11) is 0. The lowest BCUT2D eigenvalue weighted by atomic mass is 9.70. The highest BCUT2D eigenvalue weighted by Gasteiger charge is 2.44. The van der Waals surface area contributed by atoms with Crippen LogP contribution >= 0.6 is 23.2 Å². The van der Waals surface area contributed by atoms with Gasteiger partial charge in [0.05, 0.1) is 17.0 Å². The van der Waals surface area contributed by atoms with Crippen LogP contribution in [-0.2, 0) is 21.0 Å². The maximum atomic E-state index is 13.5. The first kappa shape index (κ1) is 27.9. The molecule has 0 radical (unpaired) electrons. The van der Waals surface area contributed by atoms with E-state index in [1.54, 1.807) is 18.2 Å². The Hall–Kier alpha value is -3.62. The van der Waals surface area contributed by atoms with Crippen LogP contribution in [0.15, 0.2) is 58.9 Å². The minimum atomic E-state index is -1.03. The van der Waals surface area contributed by atoms with Crippen molar-refractivity contribution < 1.29 is 34.1 Å². The summed E-state index contributed by atoms with van der Waals surface area (Å²) in [4.78, 5) is 51.6. The molecule has 0 amide bonds. The Bertz CT molecular complexity index is 1430. The van der Waals surface area contributed by atoms with Gasteiger partial charge in [-0.1, -0.05) is 35.3 Å². The Balaban J connectivity index is 1.63. The van der Waals surface area contributed by atoms with Gasteiger partial charge >= 0.3 is 11.9 Å². The van der Waals surface area contributed by atoms with Gasteiger partial charge in [0.1, 0.15) is 12.4 Å². The number of allylic oxidation sites excluding steroid dienone is 4. The summed E-state index contributed by atoms with van der Waals surface area (Å²) in [5.41, 5.74) is 3.80. The molecule has 2 aromatic rings. The molecule has 8 nitrogen and oxygen atoms in total. The second kappa shape index (κ2) is 11.5. The van der Waals surface area contributed by atoms with Crippen molar-refractivity contribution in [2.75, 3.05) is 6.54 Å². The van der Waals surface area contributed by atoms with E-state index in [0.717, 1.165) is 11.4 Å². The maximum Gasteiger partial charge on any atom is 0.335 e. The number of hydrogen-bond donors (Lipinski definition) is 2. The van der Waals surface area contributed by atoms with Gasteiger partial charge in [0, 0.05) is 58.4 Å². The third kappa shape index (κ3) is 5.38. The first-order valence-corrected chi connectivity index (χ1v) is 13.9. The van der Waals surface area contributed by atoms with Crippen molar-refractivity contribution in [3.05, 3.63) is 85.7 Å². The Morgan fingerprint density at radius 1 is 0.900 bits per heavy atom. The molecule has 0 saturated heterocycles. The number of Topliss-reactive ketones (excluding diaryl/α,β-unsaturated/α-hetero) is 2. The van der Waals surface area contributed by atoms with Gasteiger partial charge in [-0.2, -0.15) is 0 Å². The number of nitrogens with zero attached hydrogens (tertiary/aromatic N) is 1. The summed E-state index contributed by atoms with van der Waals surface area (Å²) in [5, 5.41) is 19.1. The van der Waals surface area contributed by atoms with Crippen LogP contribution in [0.3, 0.4) is 0 Å². The molecule has 2 aliphatic carbocycles. The maximum absolute atomic E-state index is 13.5. The number of benzene rings is 2. The molecule has 2 aromatic carbocycles. The molecule has 1 aliphatic heterocycles. The summed E-state index contributed by atoms with van der Waals surface area (Å²) in [6.45, 7) is 0.234. The molecule has 0 fully saturated rings. The van der Waals surface area contributed by atoms with Crippen LogP contribution < -0.4 is 4.74 Å². The second-order valence-electron chi connectivity index (χ2n) is 10.1. The predicted molar refractivity (Wildman–Crippen MR) is 148 cm³/mol. The molecule has 0 atom stereocenters. The summed E-state index contributed by atoms with van der Waals surface area (Å²) in [6.07, 6.45) is 2.95. The first-order valence-electron chi connectivity index (χ1n) is 13.1. The largest absolute Gasteiger partial charge is 0.487 e. The molecular formula is C30H27Cl2NO7. The molecular weight excluding hydrogens is 557 g/mol. The van der Waals surface area contributed by atoms with Gasteiger partial charge in [0.2, 0.25) is 0 Å². The van der Waals surface area contributed by atoms with E-state index in [1.807, 2.05) is 4.90 Å². The molecule has 0 unspecified atom stereocenters. The number of ketones is 2. The molecule has 0 saturated carbocycles. The number of carboxylic acids is 2. The zero-order valence-corrected chi connectivity index (χ0v) is 23.1. The Morgan fingerprint density at radius 2 is 1.50 bits per heavy atom. The number of aliphatic carboxylic acids is 1. The van der Waals surface area contributed by atoms with Gasteiger partial charge in [-0.15, -0.1) is 0 Å². The van der Waals surface area contributed by atoms with E-state index in [9.17, 15) is 29.4 Å². The van der Waals surface area contributed by atoms with Crippen LogP contribution in [0.25, 0.3) is 0 Å². The van der Waals surface area contributed by atoms with Crippen LogP contribution in [-0.4, -0.2) is 45.2 Å². The number of hydrogen-bond acceptors (Lipinski definition) is 6. The average molecular weight is 584 g/mol. The SMILES string of the molecule is O=C(O)CCN1C2=C(C(=O)CCC2)C(c2cc(Cl)cc(Cl)c2OCc2ccc(C(=O)O)cc2)C2=C1CCCC2=O. The van der Waals surface area contributed by atoms with E-state index in [-0.39, 0.29) is 47.5 Å². The fourth-order valence-electron chi connectivity index (χ4n) is 5.85. The van der Waals surface area contributed by atoms with Gasteiger partial charge in [-0.3, -0.25) is 14.4 Å². The normalized spacial score (nSPS) is 17.6. The highest BCUT2D eigenvalue weighted by atomic mass is 35.5. The lowest BCUT2D eigenvalue weighted by molar-refractivity contribution is -0.137. The van der Waals surface area contributed by atoms with Crippen LogP contribution in [0.4, 0.5) is 0 Å². The van der Waals surface area contributed by atoms with E-state index in [0.29, 0.717) is 65.8 Å². The smallest absolute Gasteiger partial charge is 0.335 e. The highest BCUT2D eigenvalue weighted by Crippen LogP contribution is 2.52. The molecule has 0 aromatic heterocycles. The third-order valence-corrected chi connectivity index (χ3v) is 8.07. The van der Waals surface area contributed by atoms with E-state index >= 15 is 0 Å². The van der Waals surface area contributed by atoms with Gasteiger partial charge in [-0.05, 0) is 55.5 Å². The molecule has 3 aliphatic rings. The highest BCUT2D eigenvalue weighted by molar-refractivity contribution is 6.35. The Kier molecular flexibility index (Phi) is 8.01. The lowest BCUT2D eigenvalue weighted by Crippen LogP contribution is -2.40. The first-order chi connectivity index (χ1) is 19.2. The number of ether oxygens (including phenoxy) is 1. The number of halogens is 2. The summed E-state index contributed by atoms with van der Waals surface area (Å²) < 4.78 is 6.20. The van der Waals surface area contributed by atoms with E-state index in [2.05, 4.69) is 0 Å². The van der Waals surface area contributed by atoms with E-state index < -0.39 is 17.9 Å². The topological polar surface area (TPSA) is 121 Å².